The van der Waals surface area contributed by atoms with Gasteiger partial charge in [-0.3, -0.25) is 4.79 Å². The first-order valence-electron chi connectivity index (χ1n) is 8.98. The Bertz CT molecular complexity index is 567. The number of rotatable bonds is 7. The predicted molar refractivity (Wildman–Crippen MR) is 99.2 cm³/mol. The van der Waals surface area contributed by atoms with E-state index in [0.29, 0.717) is 18.2 Å². The quantitative estimate of drug-likeness (QED) is 0.532. The van der Waals surface area contributed by atoms with Crippen LogP contribution in [0.5, 0.6) is 0 Å². The summed E-state index contributed by atoms with van der Waals surface area (Å²) in [7, 11) is 0. The number of carbonyl (C=O) groups excluding carboxylic acids is 1. The highest BCUT2D eigenvalue weighted by Crippen LogP contribution is 2.28. The van der Waals surface area contributed by atoms with Gasteiger partial charge in [-0.1, -0.05) is 26.0 Å². The zero-order valence-electron chi connectivity index (χ0n) is 15.2. The molecule has 1 aromatic rings. The molecule has 1 aliphatic rings. The fraction of sp³-hybridized carbons (Fsp3) is 0.579. The molecule has 0 aromatic heterocycles. The summed E-state index contributed by atoms with van der Waals surface area (Å²) in [6.45, 7) is 9.83. The molecule has 0 spiro atoms. The first-order valence-corrected chi connectivity index (χ1v) is 8.98. The number of nitrogens with one attached hydrogen (secondary N) is 3. The minimum atomic E-state index is -0.0165. The van der Waals surface area contributed by atoms with Gasteiger partial charge in [0.05, 0.1) is 6.54 Å². The average molecular weight is 330 g/mol. The van der Waals surface area contributed by atoms with Gasteiger partial charge >= 0.3 is 0 Å². The Labute approximate surface area is 145 Å². The Kier molecular flexibility index (Phi) is 6.64. The normalized spacial score (nSPS) is 21.1. The summed E-state index contributed by atoms with van der Waals surface area (Å²) in [4.78, 5) is 16.7. The van der Waals surface area contributed by atoms with Crippen molar-refractivity contribution in [2.75, 3.05) is 6.54 Å². The third-order valence-electron chi connectivity index (χ3n) is 4.40. The summed E-state index contributed by atoms with van der Waals surface area (Å²) in [5.41, 5.74) is 1.79. The maximum absolute atomic E-state index is 12.1. The molecule has 3 unspecified atom stereocenters. The Hall–Kier alpha value is -2.04. The number of nitrogens with zero attached hydrogens (tertiary/aromatic N) is 1. The molecule has 1 saturated carbocycles. The van der Waals surface area contributed by atoms with Crippen molar-refractivity contribution >= 4 is 11.9 Å². The maximum atomic E-state index is 12.1. The molecule has 1 aliphatic carbocycles. The van der Waals surface area contributed by atoms with Gasteiger partial charge in [0.1, 0.15) is 0 Å². The van der Waals surface area contributed by atoms with Gasteiger partial charge in [-0.15, -0.1) is 0 Å². The summed E-state index contributed by atoms with van der Waals surface area (Å²) < 4.78 is 0. The van der Waals surface area contributed by atoms with Crippen LogP contribution in [0, 0.1) is 5.92 Å². The molecular weight excluding hydrogens is 300 g/mol. The molecular formula is C19H30N4O. The zero-order valence-corrected chi connectivity index (χ0v) is 15.2. The number of aliphatic imine (C=N–C) groups is 1. The van der Waals surface area contributed by atoms with Crippen molar-refractivity contribution < 1.29 is 4.79 Å². The summed E-state index contributed by atoms with van der Waals surface area (Å²) >= 11 is 0. The highest BCUT2D eigenvalue weighted by atomic mass is 16.1. The lowest BCUT2D eigenvalue weighted by Gasteiger charge is -2.12. The van der Waals surface area contributed by atoms with E-state index in [1.807, 2.05) is 31.2 Å². The van der Waals surface area contributed by atoms with Gasteiger partial charge in [-0.2, -0.15) is 0 Å². The van der Waals surface area contributed by atoms with E-state index in [1.165, 1.54) is 6.42 Å². The van der Waals surface area contributed by atoms with Crippen molar-refractivity contribution in [2.24, 2.45) is 10.9 Å². The Balaban J connectivity index is 1.92. The second kappa shape index (κ2) is 8.71. The van der Waals surface area contributed by atoms with Gasteiger partial charge in [0.15, 0.2) is 5.96 Å². The summed E-state index contributed by atoms with van der Waals surface area (Å²) in [5, 5.41) is 9.70. The van der Waals surface area contributed by atoms with E-state index >= 15 is 0 Å². The largest absolute Gasteiger partial charge is 0.357 e. The van der Waals surface area contributed by atoms with E-state index in [9.17, 15) is 4.79 Å². The Morgan fingerprint density at radius 2 is 1.96 bits per heavy atom. The molecule has 1 aromatic carbocycles. The molecule has 0 heterocycles. The number of amides is 1. The van der Waals surface area contributed by atoms with Crippen molar-refractivity contribution in [3.63, 3.8) is 0 Å². The van der Waals surface area contributed by atoms with Crippen LogP contribution >= 0.6 is 0 Å². The van der Waals surface area contributed by atoms with Gasteiger partial charge in [-0.25, -0.2) is 4.99 Å². The van der Waals surface area contributed by atoms with Crippen molar-refractivity contribution in [1.82, 2.24) is 16.0 Å². The first kappa shape index (κ1) is 18.3. The molecule has 5 nitrogen and oxygen atoms in total. The van der Waals surface area contributed by atoms with Gasteiger partial charge in [0.25, 0.3) is 5.91 Å². The molecule has 0 aliphatic heterocycles. The molecule has 132 valence electrons. The van der Waals surface area contributed by atoms with Crippen LogP contribution in [0.15, 0.2) is 29.3 Å². The fourth-order valence-electron chi connectivity index (χ4n) is 2.36. The van der Waals surface area contributed by atoms with Crippen LogP contribution in [0.3, 0.4) is 0 Å². The van der Waals surface area contributed by atoms with Crippen molar-refractivity contribution in [1.29, 1.82) is 0 Å². The fourth-order valence-corrected chi connectivity index (χ4v) is 2.36. The monoisotopic (exact) mass is 330 g/mol. The number of hydrogen-bond acceptors (Lipinski definition) is 2. The van der Waals surface area contributed by atoms with Crippen LogP contribution < -0.4 is 16.0 Å². The minimum absolute atomic E-state index is 0.0165. The summed E-state index contributed by atoms with van der Waals surface area (Å²) in [6.07, 6.45) is 2.14. The molecule has 0 saturated heterocycles. The third-order valence-corrected chi connectivity index (χ3v) is 4.40. The van der Waals surface area contributed by atoms with E-state index < -0.39 is 0 Å². The number of hydrogen-bond donors (Lipinski definition) is 3. The zero-order chi connectivity index (χ0) is 17.5. The maximum Gasteiger partial charge on any atom is 0.251 e. The molecule has 3 N–H and O–H groups in total. The summed E-state index contributed by atoms with van der Waals surface area (Å²) in [6, 6.07) is 8.42. The van der Waals surface area contributed by atoms with E-state index in [1.54, 1.807) is 0 Å². The minimum Gasteiger partial charge on any atom is -0.357 e. The lowest BCUT2D eigenvalue weighted by molar-refractivity contribution is 0.0939. The van der Waals surface area contributed by atoms with Crippen molar-refractivity contribution in [3.05, 3.63) is 35.4 Å². The van der Waals surface area contributed by atoms with Crippen LogP contribution in [0.25, 0.3) is 0 Å². The third kappa shape index (κ3) is 5.55. The van der Waals surface area contributed by atoms with Gasteiger partial charge < -0.3 is 16.0 Å². The standard InChI is InChI=1S/C19H30N4O/c1-5-14(4)22-18(24)16-9-7-15(8-10-16)12-21-19(20-6-2)23-17-11-13(17)3/h7-10,13-14,17H,5-6,11-12H2,1-4H3,(H,22,24)(H2,20,21,23). The van der Waals surface area contributed by atoms with Crippen LogP contribution in [0.4, 0.5) is 0 Å². The van der Waals surface area contributed by atoms with Crippen LogP contribution in [0.2, 0.25) is 0 Å². The van der Waals surface area contributed by atoms with E-state index in [0.717, 1.165) is 30.4 Å². The average Bonchev–Trinajstić information content (AvgIpc) is 3.28. The number of carbonyl (C=O) groups is 1. The molecule has 5 heteroatoms. The van der Waals surface area contributed by atoms with Crippen LogP contribution in [-0.4, -0.2) is 30.5 Å². The molecule has 24 heavy (non-hydrogen) atoms. The van der Waals surface area contributed by atoms with Gasteiger partial charge in [0, 0.05) is 24.2 Å². The lowest BCUT2D eigenvalue weighted by atomic mass is 10.1. The molecule has 0 radical (unpaired) electrons. The van der Waals surface area contributed by atoms with Gasteiger partial charge in [-0.05, 0) is 50.3 Å². The summed E-state index contributed by atoms with van der Waals surface area (Å²) in [5.74, 6) is 1.58. The van der Waals surface area contributed by atoms with Crippen molar-refractivity contribution in [3.8, 4) is 0 Å². The van der Waals surface area contributed by atoms with E-state index in [2.05, 4.69) is 41.7 Å². The predicted octanol–water partition coefficient (Wildman–Crippen LogP) is 2.68. The topological polar surface area (TPSA) is 65.5 Å². The Morgan fingerprint density at radius 3 is 2.50 bits per heavy atom. The highest BCUT2D eigenvalue weighted by Gasteiger charge is 2.33. The van der Waals surface area contributed by atoms with E-state index in [4.69, 9.17) is 0 Å². The lowest BCUT2D eigenvalue weighted by Crippen LogP contribution is -2.39. The SMILES string of the molecule is CCNC(=NCc1ccc(C(=O)NC(C)CC)cc1)NC1CC1C. The first-order chi connectivity index (χ1) is 11.5. The molecule has 1 amide bonds. The van der Waals surface area contributed by atoms with Crippen LogP contribution in [-0.2, 0) is 6.54 Å². The molecule has 1 fully saturated rings. The molecule has 3 atom stereocenters. The molecule has 0 bridgehead atoms. The number of benzene rings is 1. The van der Waals surface area contributed by atoms with E-state index in [-0.39, 0.29) is 11.9 Å². The van der Waals surface area contributed by atoms with Gasteiger partial charge in [0.2, 0.25) is 0 Å². The second-order valence-corrected chi connectivity index (χ2v) is 6.64. The Morgan fingerprint density at radius 1 is 1.29 bits per heavy atom. The molecule has 2 rings (SSSR count). The van der Waals surface area contributed by atoms with Crippen LogP contribution in [0.1, 0.15) is 56.5 Å². The highest BCUT2D eigenvalue weighted by molar-refractivity contribution is 5.94. The van der Waals surface area contributed by atoms with Crippen molar-refractivity contribution in [2.45, 2.75) is 59.2 Å². The number of guanidine groups is 1. The second-order valence-electron chi connectivity index (χ2n) is 6.64. The smallest absolute Gasteiger partial charge is 0.251 e.